The SMILES string of the molecule is CCCc1cc(C(=O)OCC(=O)N[C@@H]2CCCC[C@H]2C)sc1C. The molecule has 1 saturated carbocycles. The molecule has 0 aromatic carbocycles. The first kappa shape index (κ1) is 18.0. The number of amides is 1. The normalized spacial score (nSPS) is 21.0. The summed E-state index contributed by atoms with van der Waals surface area (Å²) in [6.45, 7) is 6.11. The van der Waals surface area contributed by atoms with Crippen molar-refractivity contribution in [1.29, 1.82) is 0 Å². The van der Waals surface area contributed by atoms with Gasteiger partial charge in [0.15, 0.2) is 6.61 Å². The summed E-state index contributed by atoms with van der Waals surface area (Å²) in [5.41, 5.74) is 1.20. The molecule has 0 bridgehead atoms. The first-order chi connectivity index (χ1) is 11.0. The monoisotopic (exact) mass is 337 g/mol. The van der Waals surface area contributed by atoms with Gasteiger partial charge >= 0.3 is 5.97 Å². The third-order valence-corrected chi connectivity index (χ3v) is 5.61. The van der Waals surface area contributed by atoms with E-state index in [2.05, 4.69) is 19.2 Å². The fourth-order valence-electron chi connectivity index (χ4n) is 3.12. The number of esters is 1. The second-order valence-corrected chi connectivity index (χ2v) is 7.71. The Bertz CT molecular complexity index is 552. The molecule has 0 radical (unpaired) electrons. The van der Waals surface area contributed by atoms with Gasteiger partial charge in [-0.3, -0.25) is 4.79 Å². The molecule has 1 aliphatic carbocycles. The van der Waals surface area contributed by atoms with Crippen LogP contribution in [0.2, 0.25) is 0 Å². The van der Waals surface area contributed by atoms with Crippen LogP contribution in [0.15, 0.2) is 6.07 Å². The summed E-state index contributed by atoms with van der Waals surface area (Å²) in [6, 6.07) is 2.11. The number of aryl methyl sites for hydroxylation is 2. The highest BCUT2D eigenvalue weighted by Gasteiger charge is 2.23. The van der Waals surface area contributed by atoms with Crippen molar-refractivity contribution >= 4 is 23.2 Å². The van der Waals surface area contributed by atoms with Gasteiger partial charge in [-0.25, -0.2) is 4.79 Å². The maximum Gasteiger partial charge on any atom is 0.348 e. The predicted octanol–water partition coefficient (Wildman–Crippen LogP) is 3.86. The van der Waals surface area contributed by atoms with Crippen LogP contribution in [0.5, 0.6) is 0 Å². The van der Waals surface area contributed by atoms with Crippen molar-refractivity contribution in [2.45, 2.75) is 65.3 Å². The average Bonchev–Trinajstić information content (AvgIpc) is 2.89. The number of carbonyl (C=O) groups excluding carboxylic acids is 2. The zero-order valence-corrected chi connectivity index (χ0v) is 15.1. The molecule has 0 spiro atoms. The van der Waals surface area contributed by atoms with Crippen molar-refractivity contribution in [1.82, 2.24) is 5.32 Å². The van der Waals surface area contributed by atoms with Gasteiger partial charge < -0.3 is 10.1 Å². The van der Waals surface area contributed by atoms with Crippen molar-refractivity contribution in [2.75, 3.05) is 6.61 Å². The van der Waals surface area contributed by atoms with Gasteiger partial charge in [-0.2, -0.15) is 0 Å². The van der Waals surface area contributed by atoms with E-state index in [-0.39, 0.29) is 18.6 Å². The second kappa shape index (κ2) is 8.48. The van der Waals surface area contributed by atoms with E-state index in [0.717, 1.165) is 37.0 Å². The van der Waals surface area contributed by atoms with Gasteiger partial charge in [0.25, 0.3) is 5.91 Å². The molecule has 0 aliphatic heterocycles. The number of hydrogen-bond donors (Lipinski definition) is 1. The Morgan fingerprint density at radius 2 is 2.09 bits per heavy atom. The van der Waals surface area contributed by atoms with Gasteiger partial charge in [0.1, 0.15) is 4.88 Å². The highest BCUT2D eigenvalue weighted by molar-refractivity contribution is 7.14. The van der Waals surface area contributed by atoms with Gasteiger partial charge in [0.2, 0.25) is 0 Å². The molecule has 1 aromatic heterocycles. The molecule has 2 rings (SSSR count). The summed E-state index contributed by atoms with van der Waals surface area (Å²) in [7, 11) is 0. The molecule has 1 heterocycles. The Hall–Kier alpha value is -1.36. The zero-order valence-electron chi connectivity index (χ0n) is 14.3. The third kappa shape index (κ3) is 5.06. The van der Waals surface area contributed by atoms with Crippen LogP contribution in [-0.4, -0.2) is 24.5 Å². The number of thiophene rings is 1. The van der Waals surface area contributed by atoms with E-state index < -0.39 is 5.97 Å². The van der Waals surface area contributed by atoms with Crippen molar-refractivity contribution in [2.24, 2.45) is 5.92 Å². The molecule has 1 N–H and O–H groups in total. The van der Waals surface area contributed by atoms with Crippen molar-refractivity contribution in [3.63, 3.8) is 0 Å². The predicted molar refractivity (Wildman–Crippen MR) is 92.9 cm³/mol. The summed E-state index contributed by atoms with van der Waals surface area (Å²) in [5.74, 6) is -0.0913. The summed E-state index contributed by atoms with van der Waals surface area (Å²) in [4.78, 5) is 25.8. The molecule has 0 saturated heterocycles. The van der Waals surface area contributed by atoms with E-state index in [9.17, 15) is 9.59 Å². The Labute approximate surface area is 142 Å². The fourth-order valence-corrected chi connectivity index (χ4v) is 4.08. The Balaban J connectivity index is 1.81. The summed E-state index contributed by atoms with van der Waals surface area (Å²) in [6.07, 6.45) is 6.58. The topological polar surface area (TPSA) is 55.4 Å². The lowest BCUT2D eigenvalue weighted by molar-refractivity contribution is -0.125. The molecule has 1 aliphatic rings. The van der Waals surface area contributed by atoms with E-state index >= 15 is 0 Å². The maximum absolute atomic E-state index is 12.1. The molecule has 1 fully saturated rings. The lowest BCUT2D eigenvalue weighted by Crippen LogP contribution is -2.42. The summed E-state index contributed by atoms with van der Waals surface area (Å²) >= 11 is 1.44. The number of rotatable bonds is 6. The van der Waals surface area contributed by atoms with Gasteiger partial charge in [0, 0.05) is 10.9 Å². The Morgan fingerprint density at radius 3 is 2.78 bits per heavy atom. The van der Waals surface area contributed by atoms with Crippen molar-refractivity contribution in [3.8, 4) is 0 Å². The molecule has 5 heteroatoms. The molecule has 1 aromatic rings. The highest BCUT2D eigenvalue weighted by atomic mass is 32.1. The molecule has 0 unspecified atom stereocenters. The fraction of sp³-hybridized carbons (Fsp3) is 0.667. The van der Waals surface area contributed by atoms with Gasteiger partial charge in [-0.15, -0.1) is 11.3 Å². The summed E-state index contributed by atoms with van der Waals surface area (Å²) < 4.78 is 5.17. The molecule has 4 nitrogen and oxygen atoms in total. The van der Waals surface area contributed by atoms with E-state index in [4.69, 9.17) is 4.74 Å². The van der Waals surface area contributed by atoms with Crippen LogP contribution >= 0.6 is 11.3 Å². The van der Waals surface area contributed by atoms with Crippen LogP contribution in [0, 0.1) is 12.8 Å². The first-order valence-electron chi connectivity index (χ1n) is 8.57. The van der Waals surface area contributed by atoms with Crippen LogP contribution in [0.3, 0.4) is 0 Å². The van der Waals surface area contributed by atoms with Crippen LogP contribution < -0.4 is 5.32 Å². The largest absolute Gasteiger partial charge is 0.451 e. The minimum Gasteiger partial charge on any atom is -0.451 e. The van der Waals surface area contributed by atoms with Gasteiger partial charge in [-0.05, 0) is 43.7 Å². The molecule has 2 atom stereocenters. The molecular formula is C18H27NO3S. The van der Waals surface area contributed by atoms with E-state index in [1.54, 1.807) is 0 Å². The number of carbonyl (C=O) groups is 2. The Kier molecular flexibility index (Phi) is 6.63. The van der Waals surface area contributed by atoms with E-state index in [0.29, 0.717) is 10.8 Å². The number of hydrogen-bond acceptors (Lipinski definition) is 4. The lowest BCUT2D eigenvalue weighted by atomic mass is 9.86. The van der Waals surface area contributed by atoms with Crippen LogP contribution in [0.4, 0.5) is 0 Å². The minimum atomic E-state index is -0.396. The van der Waals surface area contributed by atoms with E-state index in [1.807, 2.05) is 13.0 Å². The molecule has 128 valence electrons. The third-order valence-electron chi connectivity index (χ3n) is 4.53. The smallest absolute Gasteiger partial charge is 0.348 e. The molecular weight excluding hydrogens is 310 g/mol. The van der Waals surface area contributed by atoms with Crippen molar-refractivity contribution < 1.29 is 14.3 Å². The van der Waals surface area contributed by atoms with Crippen LogP contribution in [-0.2, 0) is 16.0 Å². The van der Waals surface area contributed by atoms with Crippen LogP contribution in [0.25, 0.3) is 0 Å². The first-order valence-corrected chi connectivity index (χ1v) is 9.38. The number of nitrogens with one attached hydrogen (secondary N) is 1. The minimum absolute atomic E-state index is 0.192. The van der Waals surface area contributed by atoms with Crippen LogP contribution in [0.1, 0.15) is 66.1 Å². The number of ether oxygens (including phenoxy) is 1. The van der Waals surface area contributed by atoms with Gasteiger partial charge in [-0.1, -0.05) is 33.1 Å². The standard InChI is InChI=1S/C18H27NO3S/c1-4-7-14-10-16(23-13(14)3)18(21)22-11-17(20)19-15-9-6-5-8-12(15)2/h10,12,15H,4-9,11H2,1-3H3,(H,19,20)/t12-,15-/m1/s1. The highest BCUT2D eigenvalue weighted by Crippen LogP contribution is 2.24. The average molecular weight is 337 g/mol. The molecule has 23 heavy (non-hydrogen) atoms. The van der Waals surface area contributed by atoms with Crippen molar-refractivity contribution in [3.05, 3.63) is 21.4 Å². The lowest BCUT2D eigenvalue weighted by Gasteiger charge is -2.29. The zero-order chi connectivity index (χ0) is 16.8. The second-order valence-electron chi connectivity index (χ2n) is 6.45. The van der Waals surface area contributed by atoms with E-state index in [1.165, 1.54) is 23.3 Å². The summed E-state index contributed by atoms with van der Waals surface area (Å²) in [5, 5.41) is 3.00. The Morgan fingerprint density at radius 1 is 1.35 bits per heavy atom. The quantitative estimate of drug-likeness (QED) is 0.802. The van der Waals surface area contributed by atoms with Gasteiger partial charge in [0.05, 0.1) is 0 Å². The maximum atomic E-state index is 12.1. The molecule has 1 amide bonds.